The molecule has 60 heavy (non-hydrogen) atoms. The van der Waals surface area contributed by atoms with E-state index in [0.717, 1.165) is 11.4 Å². The Bertz CT molecular complexity index is 3200. The molecule has 0 aromatic heterocycles. The summed E-state index contributed by atoms with van der Waals surface area (Å²) in [4.78, 5) is 2.46. The highest BCUT2D eigenvalue weighted by atomic mass is 15.1. The van der Waals surface area contributed by atoms with Gasteiger partial charge in [-0.1, -0.05) is 202 Å². The number of nitrogens with zero attached hydrogens (tertiary/aromatic N) is 1. The first-order chi connectivity index (χ1) is 29.5. The Morgan fingerprint density at radius 1 is 0.317 bits per heavy atom. The fourth-order valence-electron chi connectivity index (χ4n) is 9.52. The van der Waals surface area contributed by atoms with Crippen LogP contribution in [0.15, 0.2) is 224 Å². The van der Waals surface area contributed by atoms with Crippen molar-refractivity contribution >= 4 is 38.6 Å². The number of hydrogen-bond donors (Lipinski definition) is 0. The van der Waals surface area contributed by atoms with Crippen LogP contribution in [0.1, 0.15) is 25.0 Å². The fourth-order valence-corrected chi connectivity index (χ4v) is 9.52. The summed E-state index contributed by atoms with van der Waals surface area (Å²) in [5.74, 6) is 0. The molecule has 0 atom stereocenters. The van der Waals surface area contributed by atoms with E-state index in [1.165, 1.54) is 94.0 Å². The SMILES string of the molecule is CC1(C)c2ccccc2-c2c(N(c3ccc(-c4ccc(-c5ccc6ccccc6c5)cc4)cc3)c3cccc(-c4ccc(-c5cccc6ccccc56)cc4)c3)cccc21. The van der Waals surface area contributed by atoms with Crippen molar-refractivity contribution in [1.29, 1.82) is 0 Å². The normalized spacial score (nSPS) is 12.6. The van der Waals surface area contributed by atoms with Crippen LogP contribution in [0.4, 0.5) is 17.1 Å². The van der Waals surface area contributed by atoms with Crippen molar-refractivity contribution in [1.82, 2.24) is 0 Å². The van der Waals surface area contributed by atoms with Crippen LogP contribution in [0, 0.1) is 0 Å². The predicted molar refractivity (Wildman–Crippen MR) is 255 cm³/mol. The van der Waals surface area contributed by atoms with Crippen molar-refractivity contribution in [3.8, 4) is 55.6 Å². The summed E-state index contributed by atoms with van der Waals surface area (Å²) in [5, 5.41) is 5.05. The van der Waals surface area contributed by atoms with Gasteiger partial charge < -0.3 is 4.90 Å². The van der Waals surface area contributed by atoms with Crippen molar-refractivity contribution in [2.24, 2.45) is 0 Å². The molecule has 0 saturated heterocycles. The van der Waals surface area contributed by atoms with Gasteiger partial charge >= 0.3 is 0 Å². The van der Waals surface area contributed by atoms with Gasteiger partial charge in [-0.15, -0.1) is 0 Å². The second kappa shape index (κ2) is 14.4. The Morgan fingerprint density at radius 2 is 0.833 bits per heavy atom. The maximum Gasteiger partial charge on any atom is 0.0543 e. The molecule has 0 heterocycles. The van der Waals surface area contributed by atoms with E-state index in [1.54, 1.807) is 0 Å². The molecule has 0 N–H and O–H groups in total. The van der Waals surface area contributed by atoms with Gasteiger partial charge in [0.25, 0.3) is 0 Å². The summed E-state index contributed by atoms with van der Waals surface area (Å²) in [6, 6.07) is 82.4. The summed E-state index contributed by atoms with van der Waals surface area (Å²) in [6.07, 6.45) is 0. The summed E-state index contributed by atoms with van der Waals surface area (Å²) in [7, 11) is 0. The molecule has 10 aromatic rings. The van der Waals surface area contributed by atoms with Crippen LogP contribution >= 0.6 is 0 Å². The minimum Gasteiger partial charge on any atom is -0.310 e. The standard InChI is InChI=1S/C59H43N/c1-59(2)55-21-8-7-19-54(55)58-56(59)22-11-23-57(58)60(50-36-34-42(35-37-50)41-24-26-44(27-25-41)49-33-30-40-12-3-4-14-47(40)38-49)51-17-9-16-48(39-51)43-28-31-46(32-29-43)53-20-10-15-45-13-5-6-18-52(45)53/h3-39H,1-2H3. The van der Waals surface area contributed by atoms with E-state index in [0.29, 0.717) is 0 Å². The van der Waals surface area contributed by atoms with Crippen molar-refractivity contribution in [2.45, 2.75) is 19.3 Å². The Balaban J connectivity index is 0.981. The third-order valence-corrected chi connectivity index (χ3v) is 12.7. The molecule has 1 heteroatoms. The van der Waals surface area contributed by atoms with Crippen molar-refractivity contribution in [3.63, 3.8) is 0 Å². The summed E-state index contributed by atoms with van der Waals surface area (Å²) in [5.41, 5.74) is 18.3. The molecule has 0 unspecified atom stereocenters. The molecule has 0 bridgehead atoms. The number of hydrogen-bond acceptors (Lipinski definition) is 1. The van der Waals surface area contributed by atoms with Gasteiger partial charge in [0.1, 0.15) is 0 Å². The molecule has 0 amide bonds. The van der Waals surface area contributed by atoms with Crippen LogP contribution in [0.3, 0.4) is 0 Å². The van der Waals surface area contributed by atoms with Gasteiger partial charge in [0.05, 0.1) is 5.69 Å². The molecule has 0 radical (unpaired) electrons. The van der Waals surface area contributed by atoms with Gasteiger partial charge in [-0.2, -0.15) is 0 Å². The Labute approximate surface area is 352 Å². The minimum absolute atomic E-state index is 0.107. The first-order valence-corrected chi connectivity index (χ1v) is 20.9. The van der Waals surface area contributed by atoms with Crippen LogP contribution < -0.4 is 4.90 Å². The second-order valence-corrected chi connectivity index (χ2v) is 16.5. The van der Waals surface area contributed by atoms with Crippen LogP contribution in [0.25, 0.3) is 77.2 Å². The molecule has 1 nitrogen and oxygen atoms in total. The van der Waals surface area contributed by atoms with E-state index in [-0.39, 0.29) is 5.41 Å². The van der Waals surface area contributed by atoms with Gasteiger partial charge in [-0.25, -0.2) is 0 Å². The summed E-state index contributed by atoms with van der Waals surface area (Å²) < 4.78 is 0. The smallest absolute Gasteiger partial charge is 0.0543 e. The lowest BCUT2D eigenvalue weighted by molar-refractivity contribution is 0.660. The van der Waals surface area contributed by atoms with Gasteiger partial charge in [-0.05, 0) is 119 Å². The van der Waals surface area contributed by atoms with E-state index in [4.69, 9.17) is 0 Å². The highest BCUT2D eigenvalue weighted by Crippen LogP contribution is 2.54. The molecule has 284 valence electrons. The number of rotatable bonds is 7. The molecule has 11 rings (SSSR count). The zero-order valence-electron chi connectivity index (χ0n) is 33.8. The van der Waals surface area contributed by atoms with Crippen molar-refractivity contribution in [3.05, 3.63) is 236 Å². The maximum absolute atomic E-state index is 2.46. The van der Waals surface area contributed by atoms with Crippen LogP contribution in [-0.4, -0.2) is 0 Å². The fraction of sp³-hybridized carbons (Fsp3) is 0.0508. The van der Waals surface area contributed by atoms with E-state index in [9.17, 15) is 0 Å². The van der Waals surface area contributed by atoms with Crippen molar-refractivity contribution in [2.75, 3.05) is 4.90 Å². The highest BCUT2D eigenvalue weighted by Gasteiger charge is 2.37. The molecular weight excluding hydrogens is 723 g/mol. The van der Waals surface area contributed by atoms with Crippen LogP contribution in [0.2, 0.25) is 0 Å². The Morgan fingerprint density at radius 3 is 1.60 bits per heavy atom. The minimum atomic E-state index is -0.107. The highest BCUT2D eigenvalue weighted by molar-refractivity contribution is 5.98. The maximum atomic E-state index is 2.46. The number of fused-ring (bicyclic) bond motifs is 5. The zero-order valence-corrected chi connectivity index (χ0v) is 33.8. The van der Waals surface area contributed by atoms with Gasteiger partial charge in [-0.3, -0.25) is 0 Å². The molecule has 1 aliphatic carbocycles. The lowest BCUT2D eigenvalue weighted by atomic mass is 9.82. The first kappa shape index (κ1) is 35.7. The first-order valence-electron chi connectivity index (χ1n) is 20.9. The molecule has 0 fully saturated rings. The monoisotopic (exact) mass is 765 g/mol. The topological polar surface area (TPSA) is 3.24 Å². The molecular formula is C59H43N. The average molecular weight is 766 g/mol. The van der Waals surface area contributed by atoms with E-state index in [1.807, 2.05) is 0 Å². The zero-order chi connectivity index (χ0) is 40.2. The summed E-state index contributed by atoms with van der Waals surface area (Å²) in [6.45, 7) is 4.71. The van der Waals surface area contributed by atoms with E-state index >= 15 is 0 Å². The van der Waals surface area contributed by atoms with E-state index < -0.39 is 0 Å². The third kappa shape index (κ3) is 6.10. The molecule has 0 aliphatic heterocycles. The Kier molecular flexibility index (Phi) is 8.57. The lowest BCUT2D eigenvalue weighted by Crippen LogP contribution is -2.16. The van der Waals surface area contributed by atoms with Crippen LogP contribution in [0.5, 0.6) is 0 Å². The molecule has 0 saturated carbocycles. The van der Waals surface area contributed by atoms with Gasteiger partial charge in [0.15, 0.2) is 0 Å². The second-order valence-electron chi connectivity index (χ2n) is 16.5. The van der Waals surface area contributed by atoms with Crippen LogP contribution in [-0.2, 0) is 5.41 Å². The van der Waals surface area contributed by atoms with Gasteiger partial charge in [0.2, 0.25) is 0 Å². The predicted octanol–water partition coefficient (Wildman–Crippen LogP) is 16.4. The Hall–Kier alpha value is -7.48. The molecule has 10 aromatic carbocycles. The number of anilines is 3. The number of benzene rings is 10. The third-order valence-electron chi connectivity index (χ3n) is 12.7. The van der Waals surface area contributed by atoms with E-state index in [2.05, 4.69) is 243 Å². The van der Waals surface area contributed by atoms with Crippen molar-refractivity contribution < 1.29 is 0 Å². The lowest BCUT2D eigenvalue weighted by Gasteiger charge is -2.29. The van der Waals surface area contributed by atoms with Gasteiger partial charge in [0, 0.05) is 22.4 Å². The molecule has 0 spiro atoms. The molecule has 1 aliphatic rings. The largest absolute Gasteiger partial charge is 0.310 e. The quantitative estimate of drug-likeness (QED) is 0.156. The summed E-state index contributed by atoms with van der Waals surface area (Å²) >= 11 is 0. The average Bonchev–Trinajstić information content (AvgIpc) is 3.55.